The average molecular weight is 234 g/mol. The first-order chi connectivity index (χ1) is 6.81. The maximum Gasteiger partial charge on any atom is 0.309 e. The zero-order valence-corrected chi connectivity index (χ0v) is 11.1. The van der Waals surface area contributed by atoms with Gasteiger partial charge in [0.25, 0.3) is 0 Å². The maximum atomic E-state index is 11.1. The molecule has 0 amide bonds. The minimum absolute atomic E-state index is 0.108. The highest BCUT2D eigenvalue weighted by atomic mass is 32.2. The van der Waals surface area contributed by atoms with Gasteiger partial charge in [0, 0.05) is 11.5 Å². The second kappa shape index (κ2) is 6.38. The molecule has 0 spiro atoms. The Balaban J connectivity index is 3.84. The van der Waals surface area contributed by atoms with Gasteiger partial charge >= 0.3 is 5.97 Å². The van der Waals surface area contributed by atoms with Gasteiger partial charge < -0.3 is 9.84 Å². The van der Waals surface area contributed by atoms with Gasteiger partial charge in [-0.1, -0.05) is 20.8 Å². The van der Waals surface area contributed by atoms with E-state index in [0.29, 0.717) is 11.5 Å². The highest BCUT2D eigenvalue weighted by molar-refractivity contribution is 7.99. The number of rotatable bonds is 6. The summed E-state index contributed by atoms with van der Waals surface area (Å²) in [4.78, 5) is 11.1. The Hall–Kier alpha value is -0.220. The Morgan fingerprint density at radius 2 is 2.00 bits per heavy atom. The lowest BCUT2D eigenvalue weighted by atomic mass is 9.95. The average Bonchev–Trinajstić information content (AvgIpc) is 2.15. The van der Waals surface area contributed by atoms with E-state index >= 15 is 0 Å². The molecular weight excluding hydrogens is 212 g/mol. The molecule has 2 atom stereocenters. The molecule has 0 heterocycles. The van der Waals surface area contributed by atoms with Crippen molar-refractivity contribution in [3.8, 4) is 0 Å². The van der Waals surface area contributed by atoms with Crippen LogP contribution in [0, 0.1) is 11.8 Å². The summed E-state index contributed by atoms with van der Waals surface area (Å²) in [6, 6.07) is 0. The SMILES string of the molecule is COC(=O)C(C)CSCC(C)(O)C(C)C. The third kappa shape index (κ3) is 5.42. The molecule has 0 aliphatic carbocycles. The molecule has 15 heavy (non-hydrogen) atoms. The molecule has 0 radical (unpaired) electrons. The number of carbonyl (C=O) groups excluding carboxylic acids is 1. The van der Waals surface area contributed by atoms with E-state index in [2.05, 4.69) is 4.74 Å². The summed E-state index contributed by atoms with van der Waals surface area (Å²) in [5.74, 6) is 1.26. The van der Waals surface area contributed by atoms with Gasteiger partial charge in [-0.05, 0) is 12.8 Å². The van der Waals surface area contributed by atoms with Crippen molar-refractivity contribution in [2.45, 2.75) is 33.3 Å². The summed E-state index contributed by atoms with van der Waals surface area (Å²) >= 11 is 1.59. The van der Waals surface area contributed by atoms with Crippen LogP contribution in [0.5, 0.6) is 0 Å². The fourth-order valence-corrected chi connectivity index (χ4v) is 2.23. The van der Waals surface area contributed by atoms with Crippen molar-refractivity contribution in [1.29, 1.82) is 0 Å². The van der Waals surface area contributed by atoms with E-state index in [1.165, 1.54) is 7.11 Å². The number of carbonyl (C=O) groups is 1. The second-order valence-electron chi connectivity index (χ2n) is 4.45. The van der Waals surface area contributed by atoms with Crippen molar-refractivity contribution in [2.75, 3.05) is 18.6 Å². The second-order valence-corrected chi connectivity index (χ2v) is 5.48. The fraction of sp³-hybridized carbons (Fsp3) is 0.909. The van der Waals surface area contributed by atoms with Gasteiger partial charge in [0.05, 0.1) is 18.6 Å². The predicted molar refractivity (Wildman–Crippen MR) is 64.0 cm³/mol. The molecule has 0 rings (SSSR count). The zero-order valence-electron chi connectivity index (χ0n) is 10.2. The van der Waals surface area contributed by atoms with Crippen LogP contribution < -0.4 is 0 Å². The van der Waals surface area contributed by atoms with Crippen molar-refractivity contribution < 1.29 is 14.6 Å². The van der Waals surface area contributed by atoms with E-state index in [4.69, 9.17) is 0 Å². The highest BCUT2D eigenvalue weighted by Crippen LogP contribution is 2.23. The quantitative estimate of drug-likeness (QED) is 0.713. The van der Waals surface area contributed by atoms with Gasteiger partial charge in [0.1, 0.15) is 0 Å². The van der Waals surface area contributed by atoms with Crippen LogP contribution in [0.25, 0.3) is 0 Å². The number of methoxy groups -OCH3 is 1. The van der Waals surface area contributed by atoms with Crippen molar-refractivity contribution >= 4 is 17.7 Å². The van der Waals surface area contributed by atoms with E-state index in [1.807, 2.05) is 27.7 Å². The molecule has 3 nitrogen and oxygen atoms in total. The molecule has 0 saturated heterocycles. The van der Waals surface area contributed by atoms with Crippen LogP contribution in [0.3, 0.4) is 0 Å². The Bertz CT molecular complexity index is 202. The normalized spacial score (nSPS) is 17.3. The largest absolute Gasteiger partial charge is 0.469 e. The fourth-order valence-electron chi connectivity index (χ4n) is 0.878. The molecule has 90 valence electrons. The van der Waals surface area contributed by atoms with Crippen molar-refractivity contribution in [1.82, 2.24) is 0 Å². The molecule has 0 bridgehead atoms. The minimum Gasteiger partial charge on any atom is -0.469 e. The van der Waals surface area contributed by atoms with Gasteiger partial charge in [0.15, 0.2) is 0 Å². The number of hydrogen-bond acceptors (Lipinski definition) is 4. The third-order valence-electron chi connectivity index (χ3n) is 2.61. The number of hydrogen-bond donors (Lipinski definition) is 1. The summed E-state index contributed by atoms with van der Waals surface area (Å²) in [6.07, 6.45) is 0. The molecule has 0 fully saturated rings. The van der Waals surface area contributed by atoms with Gasteiger partial charge in [-0.3, -0.25) is 4.79 Å². The topological polar surface area (TPSA) is 46.5 Å². The van der Waals surface area contributed by atoms with Gasteiger partial charge in [-0.15, -0.1) is 0 Å². The monoisotopic (exact) mass is 234 g/mol. The lowest BCUT2D eigenvalue weighted by Crippen LogP contribution is -2.34. The van der Waals surface area contributed by atoms with Crippen molar-refractivity contribution in [2.24, 2.45) is 11.8 Å². The van der Waals surface area contributed by atoms with Crippen LogP contribution in [0.4, 0.5) is 0 Å². The Labute approximate surface area is 96.6 Å². The standard InChI is InChI=1S/C11H22O3S/c1-8(2)11(4,13)7-15-6-9(3)10(12)14-5/h8-9,13H,6-7H2,1-5H3. The molecule has 0 saturated carbocycles. The van der Waals surface area contributed by atoms with Crippen molar-refractivity contribution in [3.63, 3.8) is 0 Å². The summed E-state index contributed by atoms with van der Waals surface area (Å²) in [7, 11) is 1.40. The molecule has 0 aliphatic heterocycles. The lowest BCUT2D eigenvalue weighted by molar-refractivity contribution is -0.144. The third-order valence-corrected chi connectivity index (χ3v) is 4.13. The van der Waals surface area contributed by atoms with E-state index in [0.717, 1.165) is 0 Å². The lowest BCUT2D eigenvalue weighted by Gasteiger charge is -2.27. The first kappa shape index (κ1) is 14.8. The molecular formula is C11H22O3S. The first-order valence-corrected chi connectivity index (χ1v) is 6.34. The molecule has 0 aromatic carbocycles. The zero-order chi connectivity index (χ0) is 12.1. The van der Waals surface area contributed by atoms with Crippen LogP contribution in [0.2, 0.25) is 0 Å². The molecule has 0 aromatic rings. The first-order valence-electron chi connectivity index (χ1n) is 5.19. The molecule has 1 N–H and O–H groups in total. The Kier molecular flexibility index (Phi) is 6.29. The van der Waals surface area contributed by atoms with Crippen LogP contribution in [-0.4, -0.2) is 35.3 Å². The molecule has 0 aliphatic rings. The number of thioether (sulfide) groups is 1. The summed E-state index contributed by atoms with van der Waals surface area (Å²) in [5, 5.41) is 9.96. The molecule has 4 heteroatoms. The van der Waals surface area contributed by atoms with E-state index in [9.17, 15) is 9.90 Å². The maximum absolute atomic E-state index is 11.1. The molecule has 2 unspecified atom stereocenters. The van der Waals surface area contributed by atoms with Crippen LogP contribution in [0.15, 0.2) is 0 Å². The van der Waals surface area contributed by atoms with E-state index in [-0.39, 0.29) is 17.8 Å². The smallest absolute Gasteiger partial charge is 0.309 e. The number of aliphatic hydroxyl groups is 1. The van der Waals surface area contributed by atoms with Gasteiger partial charge in [-0.2, -0.15) is 11.8 Å². The number of ether oxygens (including phenoxy) is 1. The summed E-state index contributed by atoms with van der Waals surface area (Å²) in [6.45, 7) is 7.64. The molecule has 0 aromatic heterocycles. The minimum atomic E-state index is -0.666. The van der Waals surface area contributed by atoms with Gasteiger partial charge in [-0.25, -0.2) is 0 Å². The summed E-state index contributed by atoms with van der Waals surface area (Å²) in [5.41, 5.74) is -0.666. The highest BCUT2D eigenvalue weighted by Gasteiger charge is 2.25. The van der Waals surface area contributed by atoms with Crippen molar-refractivity contribution in [3.05, 3.63) is 0 Å². The van der Waals surface area contributed by atoms with E-state index in [1.54, 1.807) is 11.8 Å². The predicted octanol–water partition coefficient (Wildman–Crippen LogP) is 1.94. The van der Waals surface area contributed by atoms with Crippen LogP contribution in [-0.2, 0) is 9.53 Å². The number of esters is 1. The Morgan fingerprint density at radius 3 is 2.40 bits per heavy atom. The van der Waals surface area contributed by atoms with Gasteiger partial charge in [0.2, 0.25) is 0 Å². The van der Waals surface area contributed by atoms with Crippen LogP contribution in [0.1, 0.15) is 27.7 Å². The summed E-state index contributed by atoms with van der Waals surface area (Å²) < 4.78 is 4.63. The van der Waals surface area contributed by atoms with E-state index < -0.39 is 5.60 Å². The van der Waals surface area contributed by atoms with Crippen LogP contribution >= 0.6 is 11.8 Å². The Morgan fingerprint density at radius 1 is 1.47 bits per heavy atom.